The molecule has 0 amide bonds. The zero-order valence-electron chi connectivity index (χ0n) is 9.93. The smallest absolute Gasteiger partial charge is 0.164 e. The first kappa shape index (κ1) is 12.2. The van der Waals surface area contributed by atoms with E-state index in [9.17, 15) is 9.18 Å². The molecule has 2 rings (SSSR count). The molecule has 1 N–H and O–H groups in total. The number of Topliss-reactive ketones (excluding diaryl/α,β-unsaturated/α-hetero) is 1. The predicted molar refractivity (Wildman–Crippen MR) is 64.9 cm³/mol. The molecule has 0 atom stereocenters. The van der Waals surface area contributed by atoms with Gasteiger partial charge in [0.1, 0.15) is 5.82 Å². The molecule has 0 saturated carbocycles. The zero-order valence-corrected chi connectivity index (χ0v) is 9.93. The van der Waals surface area contributed by atoms with E-state index in [4.69, 9.17) is 0 Å². The van der Waals surface area contributed by atoms with Crippen molar-refractivity contribution >= 4 is 11.5 Å². The van der Waals surface area contributed by atoms with Gasteiger partial charge in [0.05, 0.1) is 18.3 Å². The van der Waals surface area contributed by atoms with Crippen molar-refractivity contribution in [1.82, 2.24) is 15.0 Å². The summed E-state index contributed by atoms with van der Waals surface area (Å²) in [5.74, 6) is -0.801. The van der Waals surface area contributed by atoms with Gasteiger partial charge in [-0.25, -0.2) is 4.39 Å². The standard InChI is InChI=1S/C12H13FN4O/c1-9(18)12-10(13)3-2-4-11(12)14-5-7-17-8-6-15-16-17/h2-4,6,8,14H,5,7H2,1H3. The van der Waals surface area contributed by atoms with E-state index in [1.54, 1.807) is 29.2 Å². The second-order valence-corrected chi connectivity index (χ2v) is 3.81. The van der Waals surface area contributed by atoms with Crippen molar-refractivity contribution < 1.29 is 9.18 Å². The number of anilines is 1. The van der Waals surface area contributed by atoms with Crippen molar-refractivity contribution in [1.29, 1.82) is 0 Å². The summed E-state index contributed by atoms with van der Waals surface area (Å²) >= 11 is 0. The molecule has 0 saturated heterocycles. The molecule has 0 radical (unpaired) electrons. The van der Waals surface area contributed by atoms with Crippen LogP contribution in [0.25, 0.3) is 0 Å². The summed E-state index contributed by atoms with van der Waals surface area (Å²) in [4.78, 5) is 11.4. The average Bonchev–Trinajstić information content (AvgIpc) is 2.81. The first-order valence-corrected chi connectivity index (χ1v) is 5.56. The number of nitrogens with one attached hydrogen (secondary N) is 1. The molecular weight excluding hydrogens is 235 g/mol. The third-order valence-electron chi connectivity index (χ3n) is 2.49. The number of benzene rings is 1. The summed E-state index contributed by atoms with van der Waals surface area (Å²) in [5.41, 5.74) is 0.596. The molecule has 0 aliphatic rings. The van der Waals surface area contributed by atoms with E-state index in [1.165, 1.54) is 13.0 Å². The van der Waals surface area contributed by atoms with Gasteiger partial charge in [-0.2, -0.15) is 0 Å². The summed E-state index contributed by atoms with van der Waals surface area (Å²) in [6.07, 6.45) is 3.32. The van der Waals surface area contributed by atoms with Gasteiger partial charge in [-0.05, 0) is 19.1 Å². The van der Waals surface area contributed by atoms with Crippen LogP contribution in [0.15, 0.2) is 30.6 Å². The lowest BCUT2D eigenvalue weighted by Gasteiger charge is -2.10. The maximum Gasteiger partial charge on any atom is 0.164 e. The fourth-order valence-electron chi connectivity index (χ4n) is 1.69. The summed E-state index contributed by atoms with van der Waals surface area (Å²) in [7, 11) is 0. The molecule has 0 aliphatic heterocycles. The number of aromatic nitrogens is 3. The summed E-state index contributed by atoms with van der Waals surface area (Å²) < 4.78 is 15.2. The van der Waals surface area contributed by atoms with Crippen LogP contribution in [0.1, 0.15) is 17.3 Å². The monoisotopic (exact) mass is 248 g/mol. The summed E-state index contributed by atoms with van der Waals surface area (Å²) in [5, 5.41) is 10.5. The molecule has 0 spiro atoms. The number of nitrogens with zero attached hydrogens (tertiary/aromatic N) is 3. The van der Waals surface area contributed by atoms with Gasteiger partial charge in [-0.15, -0.1) is 5.10 Å². The molecular formula is C12H13FN4O. The van der Waals surface area contributed by atoms with Crippen molar-refractivity contribution in [3.05, 3.63) is 42.0 Å². The highest BCUT2D eigenvalue weighted by Gasteiger charge is 2.12. The van der Waals surface area contributed by atoms with Crippen LogP contribution >= 0.6 is 0 Å². The third kappa shape index (κ3) is 2.71. The Hall–Kier alpha value is -2.24. The minimum Gasteiger partial charge on any atom is -0.383 e. The van der Waals surface area contributed by atoms with Gasteiger partial charge in [0.2, 0.25) is 0 Å². The lowest BCUT2D eigenvalue weighted by molar-refractivity contribution is 0.101. The van der Waals surface area contributed by atoms with E-state index >= 15 is 0 Å². The molecule has 0 aliphatic carbocycles. The Morgan fingerprint density at radius 2 is 2.33 bits per heavy atom. The number of ketones is 1. The van der Waals surface area contributed by atoms with Crippen LogP contribution in [0.2, 0.25) is 0 Å². The maximum absolute atomic E-state index is 13.5. The van der Waals surface area contributed by atoms with E-state index in [0.29, 0.717) is 18.8 Å². The molecule has 5 nitrogen and oxygen atoms in total. The Morgan fingerprint density at radius 3 is 3.00 bits per heavy atom. The fourth-order valence-corrected chi connectivity index (χ4v) is 1.69. The highest BCUT2D eigenvalue weighted by atomic mass is 19.1. The molecule has 0 bridgehead atoms. The first-order chi connectivity index (χ1) is 8.68. The Morgan fingerprint density at radius 1 is 1.50 bits per heavy atom. The Bertz CT molecular complexity index is 539. The van der Waals surface area contributed by atoms with Crippen molar-refractivity contribution in [3.63, 3.8) is 0 Å². The van der Waals surface area contributed by atoms with Crippen LogP contribution in [-0.2, 0) is 6.54 Å². The third-order valence-corrected chi connectivity index (χ3v) is 2.49. The molecule has 94 valence electrons. The SMILES string of the molecule is CC(=O)c1c(F)cccc1NCCn1ccnn1. The lowest BCUT2D eigenvalue weighted by Crippen LogP contribution is -2.13. The molecule has 18 heavy (non-hydrogen) atoms. The number of hydrogen-bond donors (Lipinski definition) is 1. The van der Waals surface area contributed by atoms with E-state index < -0.39 is 5.82 Å². The Balaban J connectivity index is 2.05. The fraction of sp³-hybridized carbons (Fsp3) is 0.250. The maximum atomic E-state index is 13.5. The van der Waals surface area contributed by atoms with Crippen molar-refractivity contribution in [3.8, 4) is 0 Å². The second-order valence-electron chi connectivity index (χ2n) is 3.81. The predicted octanol–water partition coefficient (Wildman–Crippen LogP) is 1.73. The van der Waals surface area contributed by atoms with Crippen LogP contribution < -0.4 is 5.32 Å². The molecule has 6 heteroatoms. The van der Waals surface area contributed by atoms with Gasteiger partial charge >= 0.3 is 0 Å². The average molecular weight is 248 g/mol. The van der Waals surface area contributed by atoms with Crippen LogP contribution in [0.3, 0.4) is 0 Å². The van der Waals surface area contributed by atoms with Gasteiger partial charge in [-0.1, -0.05) is 11.3 Å². The second kappa shape index (κ2) is 5.39. The van der Waals surface area contributed by atoms with Crippen LogP contribution in [0.5, 0.6) is 0 Å². The van der Waals surface area contributed by atoms with E-state index in [-0.39, 0.29) is 11.3 Å². The summed E-state index contributed by atoms with van der Waals surface area (Å²) in [6, 6.07) is 4.53. The van der Waals surface area contributed by atoms with Gasteiger partial charge < -0.3 is 5.32 Å². The Kier molecular flexibility index (Phi) is 3.66. The molecule has 1 aromatic carbocycles. The zero-order chi connectivity index (χ0) is 13.0. The first-order valence-electron chi connectivity index (χ1n) is 5.56. The van der Waals surface area contributed by atoms with E-state index in [2.05, 4.69) is 15.6 Å². The number of carbonyl (C=O) groups is 1. The number of halogens is 1. The quantitative estimate of drug-likeness (QED) is 0.819. The van der Waals surface area contributed by atoms with Crippen LogP contribution in [0.4, 0.5) is 10.1 Å². The van der Waals surface area contributed by atoms with E-state index in [1.807, 2.05) is 0 Å². The van der Waals surface area contributed by atoms with Gasteiger partial charge in [0, 0.05) is 18.4 Å². The van der Waals surface area contributed by atoms with Crippen molar-refractivity contribution in [2.24, 2.45) is 0 Å². The van der Waals surface area contributed by atoms with Crippen LogP contribution in [-0.4, -0.2) is 27.3 Å². The highest BCUT2D eigenvalue weighted by molar-refractivity contribution is 5.99. The molecule has 0 fully saturated rings. The van der Waals surface area contributed by atoms with E-state index in [0.717, 1.165) is 0 Å². The van der Waals surface area contributed by atoms with Crippen molar-refractivity contribution in [2.45, 2.75) is 13.5 Å². The van der Waals surface area contributed by atoms with Crippen LogP contribution in [0, 0.1) is 5.82 Å². The largest absolute Gasteiger partial charge is 0.383 e. The number of rotatable bonds is 5. The molecule has 1 aromatic heterocycles. The highest BCUT2D eigenvalue weighted by Crippen LogP contribution is 2.19. The van der Waals surface area contributed by atoms with Crippen molar-refractivity contribution in [2.75, 3.05) is 11.9 Å². The normalized spacial score (nSPS) is 10.3. The molecule has 0 unspecified atom stereocenters. The summed E-state index contributed by atoms with van der Waals surface area (Å²) in [6.45, 7) is 2.47. The lowest BCUT2D eigenvalue weighted by atomic mass is 10.1. The minimum atomic E-state index is -0.506. The van der Waals surface area contributed by atoms with Gasteiger partial charge in [0.25, 0.3) is 0 Å². The number of carbonyl (C=O) groups excluding carboxylic acids is 1. The minimum absolute atomic E-state index is 0.0936. The Labute approximate surface area is 104 Å². The van der Waals surface area contributed by atoms with Gasteiger partial charge in [0.15, 0.2) is 5.78 Å². The topological polar surface area (TPSA) is 59.8 Å². The number of hydrogen-bond acceptors (Lipinski definition) is 4. The van der Waals surface area contributed by atoms with Gasteiger partial charge in [-0.3, -0.25) is 9.48 Å². The molecule has 1 heterocycles. The molecule has 2 aromatic rings.